The largest absolute Gasteiger partial charge is 0.383 e. The molecule has 0 amide bonds. The number of aryl methyl sites for hydroxylation is 1. The predicted octanol–water partition coefficient (Wildman–Crippen LogP) is 1.58. The maximum Gasteiger partial charge on any atom is 0.168 e. The van der Waals surface area contributed by atoms with E-state index in [4.69, 9.17) is 10.5 Å². The molecule has 0 aliphatic carbocycles. The third-order valence-electron chi connectivity index (χ3n) is 2.03. The van der Waals surface area contributed by atoms with E-state index in [1.54, 1.807) is 12.3 Å². The molecule has 0 aliphatic heterocycles. The SMILES string of the molecule is CCOCCC(=O)c1cc(C)cnc1N. The number of hydrogen-bond acceptors (Lipinski definition) is 4. The molecule has 1 heterocycles. The lowest BCUT2D eigenvalue weighted by molar-refractivity contribution is 0.0896. The number of nitrogen functional groups attached to an aromatic ring is 1. The lowest BCUT2D eigenvalue weighted by Gasteiger charge is -2.05. The number of pyridine rings is 1. The van der Waals surface area contributed by atoms with Gasteiger partial charge in [0.1, 0.15) is 5.82 Å². The first-order valence-electron chi connectivity index (χ1n) is 4.98. The van der Waals surface area contributed by atoms with Crippen LogP contribution in [0.5, 0.6) is 0 Å². The smallest absolute Gasteiger partial charge is 0.168 e. The summed E-state index contributed by atoms with van der Waals surface area (Å²) in [4.78, 5) is 15.6. The van der Waals surface area contributed by atoms with E-state index in [9.17, 15) is 4.79 Å². The van der Waals surface area contributed by atoms with Crippen LogP contribution in [0.3, 0.4) is 0 Å². The lowest BCUT2D eigenvalue weighted by atomic mass is 10.1. The summed E-state index contributed by atoms with van der Waals surface area (Å²) in [5.74, 6) is 0.277. The van der Waals surface area contributed by atoms with Gasteiger partial charge < -0.3 is 10.5 Å². The van der Waals surface area contributed by atoms with Gasteiger partial charge in [-0.1, -0.05) is 0 Å². The number of nitrogens with two attached hydrogens (primary N) is 1. The molecule has 1 aromatic heterocycles. The van der Waals surface area contributed by atoms with Crippen LogP contribution < -0.4 is 5.73 Å². The average molecular weight is 208 g/mol. The Balaban J connectivity index is 2.68. The highest BCUT2D eigenvalue weighted by atomic mass is 16.5. The topological polar surface area (TPSA) is 65.2 Å². The molecule has 82 valence electrons. The third kappa shape index (κ3) is 3.32. The van der Waals surface area contributed by atoms with Crippen LogP contribution >= 0.6 is 0 Å². The van der Waals surface area contributed by atoms with Crippen molar-refractivity contribution in [1.29, 1.82) is 0 Å². The number of nitrogens with zero attached hydrogens (tertiary/aromatic N) is 1. The van der Waals surface area contributed by atoms with Crippen LogP contribution in [0.1, 0.15) is 29.3 Å². The molecule has 0 aromatic carbocycles. The molecular weight excluding hydrogens is 192 g/mol. The Morgan fingerprint density at radius 3 is 3.00 bits per heavy atom. The first kappa shape index (κ1) is 11.7. The average Bonchev–Trinajstić information content (AvgIpc) is 2.22. The Kier molecular flexibility index (Phi) is 4.24. The van der Waals surface area contributed by atoms with Crippen molar-refractivity contribution in [2.24, 2.45) is 0 Å². The molecule has 1 aromatic rings. The van der Waals surface area contributed by atoms with Gasteiger partial charge in [0, 0.05) is 19.2 Å². The van der Waals surface area contributed by atoms with E-state index >= 15 is 0 Å². The molecule has 1 rings (SSSR count). The van der Waals surface area contributed by atoms with Crippen LogP contribution in [0.15, 0.2) is 12.3 Å². The van der Waals surface area contributed by atoms with Gasteiger partial charge in [0.25, 0.3) is 0 Å². The van der Waals surface area contributed by atoms with Gasteiger partial charge in [0.15, 0.2) is 5.78 Å². The normalized spacial score (nSPS) is 10.3. The second kappa shape index (κ2) is 5.46. The van der Waals surface area contributed by atoms with Crippen LogP contribution in [0.2, 0.25) is 0 Å². The molecule has 0 aliphatic rings. The Hall–Kier alpha value is -1.42. The summed E-state index contributed by atoms with van der Waals surface area (Å²) in [7, 11) is 0. The number of rotatable bonds is 5. The zero-order chi connectivity index (χ0) is 11.3. The van der Waals surface area contributed by atoms with Gasteiger partial charge in [0.2, 0.25) is 0 Å². The van der Waals surface area contributed by atoms with E-state index in [-0.39, 0.29) is 5.78 Å². The van der Waals surface area contributed by atoms with Crippen molar-refractivity contribution in [1.82, 2.24) is 4.98 Å². The Morgan fingerprint density at radius 1 is 1.60 bits per heavy atom. The van der Waals surface area contributed by atoms with Crippen LogP contribution in [0, 0.1) is 6.92 Å². The van der Waals surface area contributed by atoms with Crippen LogP contribution in [-0.2, 0) is 4.74 Å². The molecular formula is C11H16N2O2. The molecule has 2 N–H and O–H groups in total. The quantitative estimate of drug-likeness (QED) is 0.589. The molecule has 0 saturated carbocycles. The Bertz CT molecular complexity index is 350. The minimum atomic E-state index is -0.0165. The minimum absolute atomic E-state index is 0.0165. The molecule has 0 unspecified atom stereocenters. The van der Waals surface area contributed by atoms with Crippen molar-refractivity contribution < 1.29 is 9.53 Å². The first-order valence-corrected chi connectivity index (χ1v) is 4.98. The Morgan fingerprint density at radius 2 is 2.33 bits per heavy atom. The lowest BCUT2D eigenvalue weighted by Crippen LogP contribution is -2.09. The van der Waals surface area contributed by atoms with Crippen LogP contribution in [-0.4, -0.2) is 24.0 Å². The number of ether oxygens (including phenoxy) is 1. The molecule has 0 radical (unpaired) electrons. The minimum Gasteiger partial charge on any atom is -0.383 e. The summed E-state index contributed by atoms with van der Waals surface area (Å²) in [6.45, 7) is 4.83. The van der Waals surface area contributed by atoms with E-state index in [0.29, 0.717) is 31.0 Å². The van der Waals surface area contributed by atoms with E-state index < -0.39 is 0 Å². The molecule has 0 saturated heterocycles. The molecule has 0 atom stereocenters. The number of carbonyl (C=O) groups excluding carboxylic acids is 1. The number of aromatic nitrogens is 1. The second-order valence-electron chi connectivity index (χ2n) is 3.32. The number of ketones is 1. The third-order valence-corrected chi connectivity index (χ3v) is 2.03. The summed E-state index contributed by atoms with van der Waals surface area (Å²) in [6.07, 6.45) is 2.00. The monoisotopic (exact) mass is 208 g/mol. The van der Waals surface area contributed by atoms with Crippen molar-refractivity contribution in [2.45, 2.75) is 20.3 Å². The number of hydrogen-bond donors (Lipinski definition) is 1. The zero-order valence-corrected chi connectivity index (χ0v) is 9.12. The van der Waals surface area contributed by atoms with Crippen molar-refractivity contribution >= 4 is 11.6 Å². The van der Waals surface area contributed by atoms with Gasteiger partial charge in [0.05, 0.1) is 12.2 Å². The Labute approximate surface area is 89.5 Å². The summed E-state index contributed by atoms with van der Waals surface area (Å²) in [6, 6.07) is 1.76. The number of anilines is 1. The van der Waals surface area contributed by atoms with E-state index in [1.807, 2.05) is 13.8 Å². The highest BCUT2D eigenvalue weighted by Crippen LogP contribution is 2.12. The van der Waals surface area contributed by atoms with Crippen molar-refractivity contribution in [2.75, 3.05) is 18.9 Å². The number of Topliss-reactive ketones (excluding diaryl/α,β-unsaturated/α-hetero) is 1. The van der Waals surface area contributed by atoms with Gasteiger partial charge in [-0.15, -0.1) is 0 Å². The summed E-state index contributed by atoms with van der Waals surface area (Å²) < 4.78 is 5.11. The molecule has 15 heavy (non-hydrogen) atoms. The second-order valence-corrected chi connectivity index (χ2v) is 3.32. The van der Waals surface area contributed by atoms with E-state index in [1.165, 1.54) is 0 Å². The predicted molar refractivity (Wildman–Crippen MR) is 58.8 cm³/mol. The summed E-state index contributed by atoms with van der Waals surface area (Å²) in [5.41, 5.74) is 7.05. The van der Waals surface area contributed by atoms with Gasteiger partial charge in [-0.25, -0.2) is 4.98 Å². The molecule has 0 bridgehead atoms. The van der Waals surface area contributed by atoms with Gasteiger partial charge in [-0.05, 0) is 25.5 Å². The fourth-order valence-electron chi connectivity index (χ4n) is 1.25. The van der Waals surface area contributed by atoms with Gasteiger partial charge in [-0.3, -0.25) is 4.79 Å². The van der Waals surface area contributed by atoms with Gasteiger partial charge in [-0.2, -0.15) is 0 Å². The summed E-state index contributed by atoms with van der Waals surface area (Å²) >= 11 is 0. The van der Waals surface area contributed by atoms with E-state index in [2.05, 4.69) is 4.98 Å². The van der Waals surface area contributed by atoms with Crippen molar-refractivity contribution in [3.8, 4) is 0 Å². The summed E-state index contributed by atoms with van der Waals surface area (Å²) in [5, 5.41) is 0. The van der Waals surface area contributed by atoms with Gasteiger partial charge >= 0.3 is 0 Å². The molecule has 4 heteroatoms. The van der Waals surface area contributed by atoms with Crippen LogP contribution in [0.25, 0.3) is 0 Å². The standard InChI is InChI=1S/C11H16N2O2/c1-3-15-5-4-10(14)9-6-8(2)7-13-11(9)12/h6-7H,3-5H2,1-2H3,(H2,12,13). The first-order chi connectivity index (χ1) is 7.15. The number of carbonyl (C=O) groups is 1. The van der Waals surface area contributed by atoms with Crippen LogP contribution in [0.4, 0.5) is 5.82 Å². The molecule has 0 spiro atoms. The van der Waals surface area contributed by atoms with E-state index in [0.717, 1.165) is 5.56 Å². The zero-order valence-electron chi connectivity index (χ0n) is 9.12. The maximum absolute atomic E-state index is 11.7. The maximum atomic E-state index is 11.7. The molecule has 4 nitrogen and oxygen atoms in total. The fraction of sp³-hybridized carbons (Fsp3) is 0.455. The van der Waals surface area contributed by atoms with Crippen molar-refractivity contribution in [3.05, 3.63) is 23.4 Å². The highest BCUT2D eigenvalue weighted by Gasteiger charge is 2.10. The fourth-order valence-corrected chi connectivity index (χ4v) is 1.25. The van der Waals surface area contributed by atoms with Crippen molar-refractivity contribution in [3.63, 3.8) is 0 Å². The highest BCUT2D eigenvalue weighted by molar-refractivity contribution is 6.00. The molecule has 0 fully saturated rings.